The average molecular weight is 211 g/mol. The highest BCUT2D eigenvalue weighted by molar-refractivity contribution is 4.79. The Labute approximate surface area is 96.0 Å². The van der Waals surface area contributed by atoms with E-state index in [1.165, 1.54) is 45.1 Å². The van der Waals surface area contributed by atoms with Gasteiger partial charge in [0.2, 0.25) is 0 Å². The first-order chi connectivity index (χ1) is 7.03. The van der Waals surface area contributed by atoms with Gasteiger partial charge in [-0.05, 0) is 43.6 Å². The quantitative estimate of drug-likeness (QED) is 0.694. The minimum atomic E-state index is 0.590. The summed E-state index contributed by atoms with van der Waals surface area (Å²) in [6.45, 7) is 10.7. The second kappa shape index (κ2) is 5.89. The lowest BCUT2D eigenvalue weighted by Crippen LogP contribution is -2.32. The Hall–Kier alpha value is -0.0400. The van der Waals surface area contributed by atoms with Gasteiger partial charge in [-0.15, -0.1) is 0 Å². The molecule has 1 N–H and O–H groups in total. The van der Waals surface area contributed by atoms with E-state index in [2.05, 4.69) is 33.0 Å². The van der Waals surface area contributed by atoms with E-state index in [1.807, 2.05) is 0 Å². The molecule has 2 atom stereocenters. The molecule has 0 spiro atoms. The molecule has 0 bridgehead atoms. The zero-order valence-corrected chi connectivity index (χ0v) is 11.1. The second-order valence-electron chi connectivity index (χ2n) is 6.21. The molecule has 0 aromatic carbocycles. The first-order valence-corrected chi connectivity index (χ1v) is 6.77. The molecule has 0 aliphatic heterocycles. The molecular formula is C14H29N. The minimum absolute atomic E-state index is 0.590. The molecule has 15 heavy (non-hydrogen) atoms. The van der Waals surface area contributed by atoms with Crippen molar-refractivity contribution in [1.29, 1.82) is 0 Å². The fourth-order valence-electron chi connectivity index (χ4n) is 2.38. The summed E-state index contributed by atoms with van der Waals surface area (Å²) in [6, 6.07) is 0.792. The third-order valence-electron chi connectivity index (χ3n) is 4.03. The zero-order chi connectivity index (χ0) is 11.3. The van der Waals surface area contributed by atoms with Gasteiger partial charge in [-0.25, -0.2) is 0 Å². The Bertz CT molecular complexity index is 174. The summed E-state index contributed by atoms with van der Waals surface area (Å²) in [5.74, 6) is 0.835. The van der Waals surface area contributed by atoms with Crippen molar-refractivity contribution in [2.24, 2.45) is 11.3 Å². The van der Waals surface area contributed by atoms with Crippen molar-refractivity contribution < 1.29 is 0 Å². The van der Waals surface area contributed by atoms with Crippen molar-refractivity contribution >= 4 is 0 Å². The Morgan fingerprint density at radius 1 is 1.27 bits per heavy atom. The smallest absolute Gasteiger partial charge is 0.00673 e. The lowest BCUT2D eigenvalue weighted by Gasteiger charge is -2.22. The number of rotatable bonds is 4. The first-order valence-electron chi connectivity index (χ1n) is 6.77. The average Bonchev–Trinajstić information content (AvgIpc) is 2.36. The molecule has 2 unspecified atom stereocenters. The Morgan fingerprint density at radius 2 is 2.00 bits per heavy atom. The summed E-state index contributed by atoms with van der Waals surface area (Å²) in [4.78, 5) is 0. The van der Waals surface area contributed by atoms with Crippen molar-refractivity contribution in [2.45, 2.75) is 72.3 Å². The normalized spacial score (nSPS) is 28.4. The topological polar surface area (TPSA) is 12.0 Å². The van der Waals surface area contributed by atoms with Gasteiger partial charge in [0.15, 0.2) is 0 Å². The highest BCUT2D eigenvalue weighted by Gasteiger charge is 2.23. The van der Waals surface area contributed by atoms with Crippen LogP contribution in [0.3, 0.4) is 0 Å². The SMILES string of the molecule is CCC(C)CNC1CCCC(C)(C)CC1. The minimum Gasteiger partial charge on any atom is -0.314 e. The molecule has 0 aromatic heterocycles. The van der Waals surface area contributed by atoms with Crippen molar-refractivity contribution in [3.8, 4) is 0 Å². The van der Waals surface area contributed by atoms with Crippen LogP contribution in [0, 0.1) is 11.3 Å². The molecule has 0 radical (unpaired) electrons. The summed E-state index contributed by atoms with van der Waals surface area (Å²) >= 11 is 0. The highest BCUT2D eigenvalue weighted by atomic mass is 14.9. The van der Waals surface area contributed by atoms with E-state index >= 15 is 0 Å². The van der Waals surface area contributed by atoms with E-state index in [4.69, 9.17) is 0 Å². The molecule has 0 saturated heterocycles. The molecule has 1 aliphatic carbocycles. The lowest BCUT2D eigenvalue weighted by atomic mass is 9.85. The molecule has 0 heterocycles. The molecule has 1 nitrogen and oxygen atoms in total. The lowest BCUT2D eigenvalue weighted by molar-refractivity contribution is 0.308. The van der Waals surface area contributed by atoms with Gasteiger partial charge in [0.05, 0.1) is 0 Å². The van der Waals surface area contributed by atoms with Crippen LogP contribution in [0.1, 0.15) is 66.2 Å². The Kier molecular flexibility index (Phi) is 5.11. The summed E-state index contributed by atoms with van der Waals surface area (Å²) < 4.78 is 0. The van der Waals surface area contributed by atoms with Crippen LogP contribution in [-0.2, 0) is 0 Å². The van der Waals surface area contributed by atoms with Crippen molar-refractivity contribution in [3.05, 3.63) is 0 Å². The summed E-state index contributed by atoms with van der Waals surface area (Å²) in [7, 11) is 0. The molecule has 1 heteroatoms. The number of hydrogen-bond acceptors (Lipinski definition) is 1. The van der Waals surface area contributed by atoms with Gasteiger partial charge in [-0.2, -0.15) is 0 Å². The zero-order valence-electron chi connectivity index (χ0n) is 11.1. The molecule has 1 rings (SSSR count). The van der Waals surface area contributed by atoms with E-state index < -0.39 is 0 Å². The van der Waals surface area contributed by atoms with E-state index in [1.54, 1.807) is 0 Å². The maximum absolute atomic E-state index is 3.75. The van der Waals surface area contributed by atoms with E-state index in [0.717, 1.165) is 12.0 Å². The van der Waals surface area contributed by atoms with Crippen LogP contribution in [0.25, 0.3) is 0 Å². The summed E-state index contributed by atoms with van der Waals surface area (Å²) in [5.41, 5.74) is 0.590. The first kappa shape index (κ1) is 13.0. The largest absolute Gasteiger partial charge is 0.314 e. The van der Waals surface area contributed by atoms with Crippen molar-refractivity contribution in [1.82, 2.24) is 5.32 Å². The van der Waals surface area contributed by atoms with Gasteiger partial charge in [-0.1, -0.05) is 40.5 Å². The van der Waals surface area contributed by atoms with Crippen molar-refractivity contribution in [2.75, 3.05) is 6.54 Å². The standard InChI is InChI=1S/C14H29N/c1-5-12(2)11-15-13-7-6-9-14(3,4)10-8-13/h12-13,15H,5-11H2,1-4H3. The molecule has 1 saturated carbocycles. The molecule has 0 aromatic rings. The fourth-order valence-corrected chi connectivity index (χ4v) is 2.38. The Balaban J connectivity index is 2.26. The van der Waals surface area contributed by atoms with Crippen LogP contribution in [-0.4, -0.2) is 12.6 Å². The maximum atomic E-state index is 3.75. The van der Waals surface area contributed by atoms with Crippen LogP contribution < -0.4 is 5.32 Å². The number of nitrogens with one attached hydrogen (secondary N) is 1. The van der Waals surface area contributed by atoms with Crippen molar-refractivity contribution in [3.63, 3.8) is 0 Å². The van der Waals surface area contributed by atoms with Gasteiger partial charge >= 0.3 is 0 Å². The summed E-state index contributed by atoms with van der Waals surface area (Å²) in [5, 5.41) is 3.75. The monoisotopic (exact) mass is 211 g/mol. The summed E-state index contributed by atoms with van der Waals surface area (Å²) in [6.07, 6.45) is 8.28. The van der Waals surface area contributed by atoms with Crippen LogP contribution in [0.4, 0.5) is 0 Å². The number of hydrogen-bond donors (Lipinski definition) is 1. The molecule has 0 amide bonds. The van der Waals surface area contributed by atoms with Gasteiger partial charge in [0.1, 0.15) is 0 Å². The molecule has 90 valence electrons. The Morgan fingerprint density at radius 3 is 2.67 bits per heavy atom. The van der Waals surface area contributed by atoms with E-state index in [-0.39, 0.29) is 0 Å². The van der Waals surface area contributed by atoms with Crippen LogP contribution in [0.15, 0.2) is 0 Å². The second-order valence-corrected chi connectivity index (χ2v) is 6.21. The van der Waals surface area contributed by atoms with Crippen LogP contribution >= 0.6 is 0 Å². The highest BCUT2D eigenvalue weighted by Crippen LogP contribution is 2.33. The molecular weight excluding hydrogens is 182 g/mol. The van der Waals surface area contributed by atoms with Gasteiger partial charge < -0.3 is 5.32 Å². The van der Waals surface area contributed by atoms with Gasteiger partial charge in [0.25, 0.3) is 0 Å². The van der Waals surface area contributed by atoms with E-state index in [0.29, 0.717) is 5.41 Å². The van der Waals surface area contributed by atoms with Crippen LogP contribution in [0.2, 0.25) is 0 Å². The third-order valence-corrected chi connectivity index (χ3v) is 4.03. The third kappa shape index (κ3) is 5.01. The molecule has 1 fully saturated rings. The van der Waals surface area contributed by atoms with Gasteiger partial charge in [-0.3, -0.25) is 0 Å². The fraction of sp³-hybridized carbons (Fsp3) is 1.00. The molecule has 1 aliphatic rings. The predicted molar refractivity (Wildman–Crippen MR) is 68.1 cm³/mol. The van der Waals surface area contributed by atoms with Gasteiger partial charge in [0, 0.05) is 6.04 Å². The predicted octanol–water partition coefficient (Wildman–Crippen LogP) is 3.98. The maximum Gasteiger partial charge on any atom is 0.00673 e. The van der Waals surface area contributed by atoms with Crippen LogP contribution in [0.5, 0.6) is 0 Å². The van der Waals surface area contributed by atoms with E-state index in [9.17, 15) is 0 Å².